The van der Waals surface area contributed by atoms with Crippen molar-refractivity contribution in [3.05, 3.63) is 35.0 Å². The number of fused-ring (bicyclic) bond motifs is 3. The smallest absolute Gasteiger partial charge is 0.255 e. The van der Waals surface area contributed by atoms with Crippen molar-refractivity contribution in [1.82, 2.24) is 14.8 Å². The molecule has 1 fully saturated rings. The number of hydrogen-bond donors (Lipinski definition) is 2. The van der Waals surface area contributed by atoms with Crippen molar-refractivity contribution in [1.29, 1.82) is 0 Å². The highest BCUT2D eigenvalue weighted by molar-refractivity contribution is 5.99. The fourth-order valence-electron chi connectivity index (χ4n) is 5.88. The van der Waals surface area contributed by atoms with Gasteiger partial charge in [-0.1, -0.05) is 0 Å². The Morgan fingerprint density at radius 1 is 1.22 bits per heavy atom. The summed E-state index contributed by atoms with van der Waals surface area (Å²) in [5.41, 5.74) is 4.32. The molecular formula is C27H37F2N3O4. The van der Waals surface area contributed by atoms with Crippen molar-refractivity contribution >= 4 is 22.7 Å². The van der Waals surface area contributed by atoms with Crippen LogP contribution in [0.4, 0.5) is 8.78 Å². The second-order valence-corrected chi connectivity index (χ2v) is 10.2. The van der Waals surface area contributed by atoms with Crippen LogP contribution in [0.25, 0.3) is 10.9 Å². The number of likely N-dealkylation sites (N-methyl/N-ethyl adjacent to an activating group) is 1. The summed E-state index contributed by atoms with van der Waals surface area (Å²) in [6.07, 6.45) is 2.97. The Hall–Kier alpha value is -2.52. The van der Waals surface area contributed by atoms with E-state index in [1.807, 2.05) is 18.2 Å². The molecule has 1 aliphatic heterocycles. The number of aliphatic hydroxyl groups excluding tert-OH is 1. The van der Waals surface area contributed by atoms with Crippen molar-refractivity contribution < 1.29 is 28.2 Å². The Kier molecular flexibility index (Phi) is 8.62. The van der Waals surface area contributed by atoms with Gasteiger partial charge in [-0.2, -0.15) is 0 Å². The third-order valence-electron chi connectivity index (χ3n) is 8.07. The van der Waals surface area contributed by atoms with Crippen LogP contribution in [0.15, 0.2) is 18.2 Å². The first kappa shape index (κ1) is 26.5. The monoisotopic (exact) mass is 505 g/mol. The average molecular weight is 506 g/mol. The van der Waals surface area contributed by atoms with Crippen molar-refractivity contribution in [2.24, 2.45) is 18.9 Å². The molecule has 1 saturated heterocycles. The molecule has 0 saturated carbocycles. The quantitative estimate of drug-likeness (QED) is 0.548. The van der Waals surface area contributed by atoms with E-state index in [-0.39, 0.29) is 25.4 Å². The highest BCUT2D eigenvalue weighted by atomic mass is 19.3. The Bertz CT molecular complexity index is 1080. The van der Waals surface area contributed by atoms with Crippen molar-refractivity contribution in [2.75, 3.05) is 33.4 Å². The molecule has 1 aliphatic carbocycles. The zero-order chi connectivity index (χ0) is 25.8. The maximum Gasteiger partial charge on any atom is 0.255 e. The van der Waals surface area contributed by atoms with Crippen molar-refractivity contribution in [3.63, 3.8) is 0 Å². The van der Waals surface area contributed by atoms with Gasteiger partial charge in [-0.3, -0.25) is 9.59 Å². The Morgan fingerprint density at radius 3 is 2.67 bits per heavy atom. The summed E-state index contributed by atoms with van der Waals surface area (Å²) in [6, 6.07) is 5.17. The normalized spacial score (nSPS) is 19.3. The minimum absolute atomic E-state index is 0.0472. The highest BCUT2D eigenvalue weighted by Crippen LogP contribution is 2.39. The molecule has 2 atom stereocenters. The fraction of sp³-hybridized carbons (Fsp3) is 0.630. The maximum absolute atomic E-state index is 13.3. The standard InChI is InChI=1S/C27H37F2N3O4/c1-31(20(16-33)5-8-26(34)30-15-25(28)29)27(35)19-4-7-24-22(14-19)21-13-18(3-6-23(21)32(24)2)17-9-11-36-12-10-17/h4,7,14,17-18,20,25,33H,3,5-6,8-13,15-16H2,1-2H3,(H,30,34)/t18-,20+/m1/s1. The Morgan fingerprint density at radius 2 is 1.97 bits per heavy atom. The third-order valence-corrected chi connectivity index (χ3v) is 8.07. The van der Waals surface area contributed by atoms with Crippen LogP contribution >= 0.6 is 0 Å². The summed E-state index contributed by atoms with van der Waals surface area (Å²) in [5, 5.41) is 13.1. The molecule has 4 rings (SSSR count). The lowest BCUT2D eigenvalue weighted by atomic mass is 9.75. The van der Waals surface area contributed by atoms with E-state index < -0.39 is 24.9 Å². The largest absolute Gasteiger partial charge is 0.394 e. The SMILES string of the molecule is CN(C(=O)c1ccc2c(c1)c1c(n2C)CC[C@@H](C2CCOCC2)C1)[C@H](CO)CCC(=O)NCC(F)F. The molecule has 2 heterocycles. The van der Waals surface area contributed by atoms with Gasteiger partial charge in [-0.25, -0.2) is 8.78 Å². The molecule has 9 heteroatoms. The van der Waals surface area contributed by atoms with Crippen LogP contribution in [-0.4, -0.2) is 72.3 Å². The molecule has 198 valence electrons. The van der Waals surface area contributed by atoms with Gasteiger partial charge >= 0.3 is 0 Å². The van der Waals surface area contributed by atoms with Crippen molar-refractivity contribution in [3.8, 4) is 0 Å². The van der Waals surface area contributed by atoms with Gasteiger partial charge in [0.05, 0.1) is 19.2 Å². The molecule has 2 N–H and O–H groups in total. The number of aromatic nitrogens is 1. The third kappa shape index (κ3) is 5.72. The predicted octanol–water partition coefficient (Wildman–Crippen LogP) is 3.30. The summed E-state index contributed by atoms with van der Waals surface area (Å²) in [7, 11) is 3.69. The van der Waals surface area contributed by atoms with Crippen LogP contribution in [0.3, 0.4) is 0 Å². The number of aliphatic hydroxyl groups is 1. The van der Waals surface area contributed by atoms with Gasteiger partial charge < -0.3 is 24.6 Å². The number of ether oxygens (including phenoxy) is 1. The van der Waals surface area contributed by atoms with E-state index >= 15 is 0 Å². The van der Waals surface area contributed by atoms with Crippen LogP contribution in [0.2, 0.25) is 0 Å². The molecule has 2 aromatic rings. The van der Waals surface area contributed by atoms with Gasteiger partial charge in [-0.15, -0.1) is 0 Å². The second kappa shape index (κ2) is 11.7. The number of amides is 2. The zero-order valence-corrected chi connectivity index (χ0v) is 21.1. The van der Waals surface area contributed by atoms with E-state index in [1.54, 1.807) is 7.05 Å². The van der Waals surface area contributed by atoms with Crippen LogP contribution in [0, 0.1) is 11.8 Å². The number of halogens is 2. The number of nitrogens with one attached hydrogen (secondary N) is 1. The topological polar surface area (TPSA) is 83.8 Å². The number of aryl methyl sites for hydroxylation is 1. The number of alkyl halides is 2. The van der Waals surface area contributed by atoms with Crippen LogP contribution in [0.5, 0.6) is 0 Å². The first-order chi connectivity index (χ1) is 17.3. The van der Waals surface area contributed by atoms with E-state index in [2.05, 4.69) is 16.9 Å². The van der Waals surface area contributed by atoms with Gasteiger partial charge in [-0.05, 0) is 74.1 Å². The zero-order valence-electron chi connectivity index (χ0n) is 21.1. The molecule has 7 nitrogen and oxygen atoms in total. The summed E-state index contributed by atoms with van der Waals surface area (Å²) in [4.78, 5) is 26.6. The average Bonchev–Trinajstić information content (AvgIpc) is 3.18. The summed E-state index contributed by atoms with van der Waals surface area (Å²) in [5.74, 6) is 0.551. The van der Waals surface area contributed by atoms with E-state index in [4.69, 9.17) is 4.74 Å². The highest BCUT2D eigenvalue weighted by Gasteiger charge is 2.31. The minimum Gasteiger partial charge on any atom is -0.394 e. The summed E-state index contributed by atoms with van der Waals surface area (Å²) < 4.78 is 32.4. The molecule has 2 amide bonds. The second-order valence-electron chi connectivity index (χ2n) is 10.2. The van der Waals surface area contributed by atoms with Crippen LogP contribution in [-0.2, 0) is 29.4 Å². The lowest BCUT2D eigenvalue weighted by molar-refractivity contribution is -0.122. The van der Waals surface area contributed by atoms with E-state index in [0.717, 1.165) is 49.8 Å². The van der Waals surface area contributed by atoms with Gasteiger partial charge in [0.25, 0.3) is 12.3 Å². The lowest BCUT2D eigenvalue weighted by Gasteiger charge is -2.33. The molecular weight excluding hydrogens is 468 g/mol. The molecule has 0 spiro atoms. The van der Waals surface area contributed by atoms with E-state index in [1.165, 1.54) is 22.6 Å². The molecule has 36 heavy (non-hydrogen) atoms. The minimum atomic E-state index is -2.61. The molecule has 0 unspecified atom stereocenters. The summed E-state index contributed by atoms with van der Waals surface area (Å²) in [6.45, 7) is 0.664. The Labute approximate surface area is 210 Å². The van der Waals surface area contributed by atoms with Crippen LogP contribution < -0.4 is 5.32 Å². The number of carbonyl (C=O) groups is 2. The maximum atomic E-state index is 13.3. The molecule has 1 aromatic carbocycles. The fourth-order valence-corrected chi connectivity index (χ4v) is 5.88. The van der Waals surface area contributed by atoms with Gasteiger partial charge in [0.2, 0.25) is 5.91 Å². The van der Waals surface area contributed by atoms with Gasteiger partial charge in [0, 0.05) is 55.9 Å². The van der Waals surface area contributed by atoms with Gasteiger partial charge in [0.1, 0.15) is 0 Å². The number of nitrogens with zero attached hydrogens (tertiary/aromatic N) is 2. The van der Waals surface area contributed by atoms with E-state index in [0.29, 0.717) is 17.4 Å². The molecule has 2 aliphatic rings. The number of hydrogen-bond acceptors (Lipinski definition) is 4. The van der Waals surface area contributed by atoms with Crippen molar-refractivity contribution in [2.45, 2.75) is 57.4 Å². The molecule has 1 aromatic heterocycles. The molecule has 0 radical (unpaired) electrons. The summed E-state index contributed by atoms with van der Waals surface area (Å²) >= 11 is 0. The first-order valence-electron chi connectivity index (χ1n) is 12.9. The van der Waals surface area contributed by atoms with E-state index in [9.17, 15) is 23.5 Å². The Balaban J connectivity index is 1.49. The lowest BCUT2D eigenvalue weighted by Crippen LogP contribution is -2.40. The number of benzene rings is 1. The van der Waals surface area contributed by atoms with Crippen LogP contribution in [0.1, 0.15) is 53.7 Å². The van der Waals surface area contributed by atoms with Gasteiger partial charge in [0.15, 0.2) is 0 Å². The predicted molar refractivity (Wildman–Crippen MR) is 133 cm³/mol. The molecule has 0 bridgehead atoms. The first-order valence-corrected chi connectivity index (χ1v) is 12.9. The number of rotatable bonds is 9. The number of carbonyl (C=O) groups excluding carboxylic acids is 2.